The molecule has 1 aliphatic rings. The van der Waals surface area contributed by atoms with Crippen LogP contribution in [-0.4, -0.2) is 18.2 Å². The SMILES string of the molecule is Cc1cc(N2CCCC2)ccc1NCc1c(C)noc1C. The van der Waals surface area contributed by atoms with Gasteiger partial charge in [-0.1, -0.05) is 5.16 Å². The molecular formula is C17H23N3O. The molecule has 1 aromatic heterocycles. The Morgan fingerprint density at radius 2 is 1.95 bits per heavy atom. The first-order valence-electron chi connectivity index (χ1n) is 7.66. The fraction of sp³-hybridized carbons (Fsp3) is 0.471. The van der Waals surface area contributed by atoms with E-state index in [2.05, 4.69) is 40.5 Å². The number of aromatic nitrogens is 1. The lowest BCUT2D eigenvalue weighted by Gasteiger charge is -2.19. The van der Waals surface area contributed by atoms with E-state index in [1.807, 2.05) is 13.8 Å². The summed E-state index contributed by atoms with van der Waals surface area (Å²) in [4.78, 5) is 2.46. The summed E-state index contributed by atoms with van der Waals surface area (Å²) in [5.41, 5.74) is 5.92. The van der Waals surface area contributed by atoms with Crippen LogP contribution in [0.5, 0.6) is 0 Å². The molecule has 3 rings (SSSR count). The molecule has 4 nitrogen and oxygen atoms in total. The van der Waals surface area contributed by atoms with Gasteiger partial charge in [0, 0.05) is 36.6 Å². The second-order valence-corrected chi connectivity index (χ2v) is 5.85. The fourth-order valence-electron chi connectivity index (χ4n) is 2.96. The van der Waals surface area contributed by atoms with Crippen molar-refractivity contribution in [3.8, 4) is 0 Å². The summed E-state index contributed by atoms with van der Waals surface area (Å²) >= 11 is 0. The highest BCUT2D eigenvalue weighted by Crippen LogP contribution is 2.26. The first-order valence-corrected chi connectivity index (χ1v) is 7.66. The molecule has 1 aromatic carbocycles. The Labute approximate surface area is 126 Å². The Kier molecular flexibility index (Phi) is 3.86. The summed E-state index contributed by atoms with van der Waals surface area (Å²) < 4.78 is 5.20. The average Bonchev–Trinajstić information content (AvgIpc) is 3.10. The molecule has 2 aromatic rings. The third-order valence-corrected chi connectivity index (χ3v) is 4.32. The molecule has 1 aliphatic heterocycles. The first kappa shape index (κ1) is 14.0. The quantitative estimate of drug-likeness (QED) is 0.927. The highest BCUT2D eigenvalue weighted by Gasteiger charge is 2.13. The van der Waals surface area contributed by atoms with Crippen molar-refractivity contribution in [2.75, 3.05) is 23.3 Å². The Morgan fingerprint density at radius 1 is 1.19 bits per heavy atom. The van der Waals surface area contributed by atoms with E-state index in [4.69, 9.17) is 4.52 Å². The van der Waals surface area contributed by atoms with Gasteiger partial charge in [0.2, 0.25) is 0 Å². The zero-order valence-corrected chi connectivity index (χ0v) is 13.1. The van der Waals surface area contributed by atoms with Gasteiger partial charge in [-0.2, -0.15) is 0 Å². The lowest BCUT2D eigenvalue weighted by atomic mass is 10.1. The Balaban J connectivity index is 1.71. The van der Waals surface area contributed by atoms with Crippen LogP contribution in [0.2, 0.25) is 0 Å². The lowest BCUT2D eigenvalue weighted by Crippen LogP contribution is -2.17. The van der Waals surface area contributed by atoms with Crippen LogP contribution >= 0.6 is 0 Å². The topological polar surface area (TPSA) is 41.3 Å². The Hall–Kier alpha value is -1.97. The van der Waals surface area contributed by atoms with Gasteiger partial charge in [0.05, 0.1) is 5.69 Å². The van der Waals surface area contributed by atoms with E-state index < -0.39 is 0 Å². The minimum absolute atomic E-state index is 0.755. The van der Waals surface area contributed by atoms with Crippen molar-refractivity contribution in [2.45, 2.75) is 40.2 Å². The van der Waals surface area contributed by atoms with Crippen LogP contribution in [0, 0.1) is 20.8 Å². The molecule has 1 fully saturated rings. The molecule has 2 heterocycles. The molecule has 21 heavy (non-hydrogen) atoms. The van der Waals surface area contributed by atoms with Gasteiger partial charge < -0.3 is 14.7 Å². The van der Waals surface area contributed by atoms with Gasteiger partial charge >= 0.3 is 0 Å². The van der Waals surface area contributed by atoms with Gasteiger partial charge in [-0.05, 0) is 57.4 Å². The van der Waals surface area contributed by atoms with Crippen molar-refractivity contribution in [3.63, 3.8) is 0 Å². The smallest absolute Gasteiger partial charge is 0.138 e. The number of rotatable bonds is 4. The lowest BCUT2D eigenvalue weighted by molar-refractivity contribution is 0.392. The van der Waals surface area contributed by atoms with Crippen LogP contribution in [0.25, 0.3) is 0 Å². The third kappa shape index (κ3) is 2.89. The van der Waals surface area contributed by atoms with Gasteiger partial charge in [0.15, 0.2) is 0 Å². The molecule has 0 radical (unpaired) electrons. The molecular weight excluding hydrogens is 262 g/mol. The van der Waals surface area contributed by atoms with Crippen LogP contribution in [0.4, 0.5) is 11.4 Å². The predicted octanol–water partition coefficient (Wildman–Crippen LogP) is 3.81. The van der Waals surface area contributed by atoms with Gasteiger partial charge in [-0.3, -0.25) is 0 Å². The number of anilines is 2. The first-order chi connectivity index (χ1) is 10.1. The van der Waals surface area contributed by atoms with Crippen molar-refractivity contribution in [3.05, 3.63) is 40.8 Å². The average molecular weight is 285 g/mol. The maximum absolute atomic E-state index is 5.20. The molecule has 1 N–H and O–H groups in total. The van der Waals surface area contributed by atoms with Crippen molar-refractivity contribution in [1.29, 1.82) is 0 Å². The summed E-state index contributed by atoms with van der Waals surface area (Å²) in [6, 6.07) is 6.68. The molecule has 112 valence electrons. The van der Waals surface area contributed by atoms with Gasteiger partial charge in [-0.25, -0.2) is 0 Å². The zero-order chi connectivity index (χ0) is 14.8. The number of aryl methyl sites for hydroxylation is 3. The minimum atomic E-state index is 0.755. The minimum Gasteiger partial charge on any atom is -0.381 e. The van der Waals surface area contributed by atoms with Crippen molar-refractivity contribution in [1.82, 2.24) is 5.16 Å². The fourth-order valence-corrected chi connectivity index (χ4v) is 2.96. The highest BCUT2D eigenvalue weighted by atomic mass is 16.5. The summed E-state index contributed by atoms with van der Waals surface area (Å²) in [5.74, 6) is 0.895. The largest absolute Gasteiger partial charge is 0.381 e. The van der Waals surface area contributed by atoms with Gasteiger partial charge in [-0.15, -0.1) is 0 Å². The van der Waals surface area contributed by atoms with Crippen LogP contribution in [0.3, 0.4) is 0 Å². The Bertz CT molecular complexity index is 607. The molecule has 0 amide bonds. The van der Waals surface area contributed by atoms with Gasteiger partial charge in [0.1, 0.15) is 5.76 Å². The maximum atomic E-state index is 5.20. The van der Waals surface area contributed by atoms with E-state index in [9.17, 15) is 0 Å². The molecule has 1 saturated heterocycles. The third-order valence-electron chi connectivity index (χ3n) is 4.32. The number of hydrogen-bond donors (Lipinski definition) is 1. The van der Waals surface area contributed by atoms with Crippen molar-refractivity contribution >= 4 is 11.4 Å². The van der Waals surface area contributed by atoms with Crippen LogP contribution < -0.4 is 10.2 Å². The van der Waals surface area contributed by atoms with E-state index in [1.165, 1.54) is 42.9 Å². The molecule has 0 saturated carbocycles. The van der Waals surface area contributed by atoms with E-state index in [0.717, 1.165) is 23.6 Å². The van der Waals surface area contributed by atoms with Crippen LogP contribution in [0.15, 0.2) is 22.7 Å². The number of nitrogens with one attached hydrogen (secondary N) is 1. The van der Waals surface area contributed by atoms with Crippen LogP contribution in [0.1, 0.15) is 35.4 Å². The summed E-state index contributed by atoms with van der Waals surface area (Å²) in [5, 5.41) is 7.49. The molecule has 0 unspecified atom stereocenters. The van der Waals surface area contributed by atoms with E-state index in [-0.39, 0.29) is 0 Å². The van der Waals surface area contributed by atoms with E-state index in [1.54, 1.807) is 0 Å². The summed E-state index contributed by atoms with van der Waals surface area (Å²) in [7, 11) is 0. The number of benzene rings is 1. The van der Waals surface area contributed by atoms with Crippen molar-refractivity contribution in [2.24, 2.45) is 0 Å². The maximum Gasteiger partial charge on any atom is 0.138 e. The summed E-state index contributed by atoms with van der Waals surface area (Å²) in [6.07, 6.45) is 2.62. The second-order valence-electron chi connectivity index (χ2n) is 5.85. The molecule has 0 aliphatic carbocycles. The van der Waals surface area contributed by atoms with Crippen molar-refractivity contribution < 1.29 is 4.52 Å². The standard InChI is InChI=1S/C17H23N3O/c1-12-10-15(20-8-4-5-9-20)6-7-17(12)18-11-16-13(2)19-21-14(16)3/h6-7,10,18H,4-5,8-9,11H2,1-3H3. The number of hydrogen-bond acceptors (Lipinski definition) is 4. The van der Waals surface area contributed by atoms with Gasteiger partial charge in [0.25, 0.3) is 0 Å². The second kappa shape index (κ2) is 5.80. The molecule has 0 bridgehead atoms. The molecule has 4 heteroatoms. The molecule has 0 atom stereocenters. The number of nitrogens with zero attached hydrogens (tertiary/aromatic N) is 2. The molecule has 0 spiro atoms. The zero-order valence-electron chi connectivity index (χ0n) is 13.1. The highest BCUT2D eigenvalue weighted by molar-refractivity contribution is 5.60. The predicted molar refractivity (Wildman–Crippen MR) is 85.9 cm³/mol. The normalized spacial score (nSPS) is 14.7. The van der Waals surface area contributed by atoms with E-state index in [0.29, 0.717) is 0 Å². The summed E-state index contributed by atoms with van der Waals surface area (Å²) in [6.45, 7) is 9.23. The monoisotopic (exact) mass is 285 g/mol. The van der Waals surface area contributed by atoms with E-state index >= 15 is 0 Å². The Morgan fingerprint density at radius 3 is 2.57 bits per heavy atom. The van der Waals surface area contributed by atoms with Crippen LogP contribution in [-0.2, 0) is 6.54 Å².